The Labute approximate surface area is 154 Å². The quantitative estimate of drug-likeness (QED) is 0.573. The number of carbonyl (C=O) groups is 1. The average Bonchev–Trinajstić information content (AvgIpc) is 3.19. The summed E-state index contributed by atoms with van der Waals surface area (Å²) in [6.07, 6.45) is 4.51. The highest BCUT2D eigenvalue weighted by atomic mass is 35.5. The van der Waals surface area contributed by atoms with Crippen molar-refractivity contribution >= 4 is 39.4 Å². The fraction of sp³-hybridized carbons (Fsp3) is 0.211. The lowest BCUT2D eigenvalue weighted by atomic mass is 10.1. The van der Waals surface area contributed by atoms with E-state index in [9.17, 15) is 4.79 Å². The zero-order valence-electron chi connectivity index (χ0n) is 14.2. The topological polar surface area (TPSA) is 72.9 Å². The molecule has 4 aromatic rings. The Morgan fingerprint density at radius 1 is 1.12 bits per heavy atom. The second kappa shape index (κ2) is 6.46. The van der Waals surface area contributed by atoms with Gasteiger partial charge < -0.3 is 5.11 Å². The first kappa shape index (κ1) is 16.6. The largest absolute Gasteiger partial charge is 0.478 e. The van der Waals surface area contributed by atoms with Crippen molar-refractivity contribution in [2.75, 3.05) is 0 Å². The number of aromatic nitrogens is 4. The summed E-state index contributed by atoms with van der Waals surface area (Å²) in [4.78, 5) is 11.1. The van der Waals surface area contributed by atoms with E-state index in [0.29, 0.717) is 11.6 Å². The summed E-state index contributed by atoms with van der Waals surface area (Å²) in [6, 6.07) is 8.88. The predicted octanol–water partition coefficient (Wildman–Crippen LogP) is 4.20. The lowest BCUT2D eigenvalue weighted by Gasteiger charge is -2.10. The van der Waals surface area contributed by atoms with E-state index in [1.807, 2.05) is 27.7 Å². The molecular formula is C19H17ClN4O2. The molecule has 4 rings (SSSR count). The van der Waals surface area contributed by atoms with Crippen molar-refractivity contribution in [1.29, 1.82) is 0 Å². The Bertz CT molecular complexity index is 1130. The molecule has 7 heteroatoms. The van der Waals surface area contributed by atoms with E-state index in [1.54, 1.807) is 24.4 Å². The molecule has 132 valence electrons. The lowest BCUT2D eigenvalue weighted by Crippen LogP contribution is -2.06. The number of hydrogen-bond acceptors (Lipinski definition) is 3. The maximum atomic E-state index is 11.1. The van der Waals surface area contributed by atoms with Gasteiger partial charge in [0.15, 0.2) is 0 Å². The third kappa shape index (κ3) is 2.82. The van der Waals surface area contributed by atoms with Crippen molar-refractivity contribution in [3.8, 4) is 0 Å². The Balaban J connectivity index is 1.81. The highest BCUT2D eigenvalue weighted by molar-refractivity contribution is 6.31. The number of nitrogens with zero attached hydrogens (tertiary/aromatic N) is 4. The van der Waals surface area contributed by atoms with E-state index >= 15 is 0 Å². The van der Waals surface area contributed by atoms with Gasteiger partial charge in [-0.15, -0.1) is 0 Å². The molecule has 2 heterocycles. The van der Waals surface area contributed by atoms with E-state index in [0.717, 1.165) is 40.3 Å². The highest BCUT2D eigenvalue weighted by Crippen LogP contribution is 2.26. The number of aryl methyl sites for hydroxylation is 1. The summed E-state index contributed by atoms with van der Waals surface area (Å²) in [5.74, 6) is -0.945. The van der Waals surface area contributed by atoms with Crippen LogP contribution in [0, 0.1) is 0 Å². The molecule has 26 heavy (non-hydrogen) atoms. The fourth-order valence-electron chi connectivity index (χ4n) is 3.29. The minimum atomic E-state index is -0.945. The molecule has 2 aromatic carbocycles. The van der Waals surface area contributed by atoms with E-state index in [1.165, 1.54) is 0 Å². The van der Waals surface area contributed by atoms with Gasteiger partial charge in [0.25, 0.3) is 0 Å². The normalized spacial score (nSPS) is 11.5. The molecule has 0 amide bonds. The van der Waals surface area contributed by atoms with Gasteiger partial charge in [0.2, 0.25) is 0 Å². The number of carboxylic acid groups (broad SMARTS) is 1. The molecule has 6 nitrogen and oxygen atoms in total. The molecule has 0 spiro atoms. The minimum Gasteiger partial charge on any atom is -0.478 e. The molecule has 0 aliphatic rings. The summed E-state index contributed by atoms with van der Waals surface area (Å²) in [5.41, 5.74) is 3.22. The second-order valence-corrected chi connectivity index (χ2v) is 6.69. The van der Waals surface area contributed by atoms with Gasteiger partial charge in [0.1, 0.15) is 0 Å². The van der Waals surface area contributed by atoms with Crippen LogP contribution in [-0.2, 0) is 13.1 Å². The van der Waals surface area contributed by atoms with Crippen LogP contribution < -0.4 is 0 Å². The SMILES string of the molecule is CCCn1ncc2cc(Cl)cc(Cn3ncc4cc(C(=O)O)ccc43)c21. The molecule has 0 fully saturated rings. The van der Waals surface area contributed by atoms with Crippen LogP contribution in [0.3, 0.4) is 0 Å². The molecule has 2 aromatic heterocycles. The second-order valence-electron chi connectivity index (χ2n) is 6.25. The van der Waals surface area contributed by atoms with Gasteiger partial charge in [-0.25, -0.2) is 4.79 Å². The Hall–Kier alpha value is -2.86. The molecule has 0 radical (unpaired) electrons. The number of halogens is 1. The van der Waals surface area contributed by atoms with Crippen LogP contribution in [0.25, 0.3) is 21.8 Å². The zero-order chi connectivity index (χ0) is 18.3. The summed E-state index contributed by atoms with van der Waals surface area (Å²) in [6.45, 7) is 3.48. The molecule has 0 atom stereocenters. The minimum absolute atomic E-state index is 0.253. The van der Waals surface area contributed by atoms with E-state index in [2.05, 4.69) is 17.1 Å². The van der Waals surface area contributed by atoms with Crippen LogP contribution in [0.4, 0.5) is 0 Å². The number of hydrogen-bond donors (Lipinski definition) is 1. The molecule has 0 saturated carbocycles. The van der Waals surface area contributed by atoms with Gasteiger partial charge in [0, 0.05) is 27.9 Å². The van der Waals surface area contributed by atoms with Gasteiger partial charge in [-0.3, -0.25) is 9.36 Å². The van der Waals surface area contributed by atoms with Crippen molar-refractivity contribution in [2.45, 2.75) is 26.4 Å². The monoisotopic (exact) mass is 368 g/mol. The van der Waals surface area contributed by atoms with Crippen LogP contribution in [0.5, 0.6) is 0 Å². The summed E-state index contributed by atoms with van der Waals surface area (Å²) in [7, 11) is 0. The van der Waals surface area contributed by atoms with Crippen molar-refractivity contribution < 1.29 is 9.90 Å². The van der Waals surface area contributed by atoms with E-state index < -0.39 is 5.97 Å². The molecule has 0 bridgehead atoms. The standard InChI is InChI=1S/C19H17ClN4O2/c1-2-5-23-18-14(10-21-23)7-16(20)8-15(18)11-24-17-4-3-12(19(25)26)6-13(17)9-22-24/h3-4,6-10H,2,5,11H2,1H3,(H,25,26). The first-order valence-electron chi connectivity index (χ1n) is 8.39. The van der Waals surface area contributed by atoms with Gasteiger partial charge in [-0.2, -0.15) is 10.2 Å². The van der Waals surface area contributed by atoms with Crippen molar-refractivity contribution in [2.24, 2.45) is 0 Å². The van der Waals surface area contributed by atoms with Crippen LogP contribution in [-0.4, -0.2) is 30.6 Å². The zero-order valence-corrected chi connectivity index (χ0v) is 14.9. The maximum absolute atomic E-state index is 11.1. The van der Waals surface area contributed by atoms with Gasteiger partial charge >= 0.3 is 5.97 Å². The van der Waals surface area contributed by atoms with Crippen molar-refractivity contribution in [3.05, 3.63) is 58.9 Å². The fourth-order valence-corrected chi connectivity index (χ4v) is 3.54. The molecular weight excluding hydrogens is 352 g/mol. The lowest BCUT2D eigenvalue weighted by molar-refractivity contribution is 0.0697. The number of rotatable bonds is 5. The van der Waals surface area contributed by atoms with Crippen LogP contribution in [0.1, 0.15) is 29.3 Å². The summed E-state index contributed by atoms with van der Waals surface area (Å²) in [5, 5.41) is 20.5. The van der Waals surface area contributed by atoms with Crippen molar-refractivity contribution in [3.63, 3.8) is 0 Å². The molecule has 0 aliphatic heterocycles. The molecule has 1 N–H and O–H groups in total. The Morgan fingerprint density at radius 2 is 1.88 bits per heavy atom. The van der Waals surface area contributed by atoms with E-state index in [-0.39, 0.29) is 5.56 Å². The average molecular weight is 369 g/mol. The smallest absolute Gasteiger partial charge is 0.335 e. The highest BCUT2D eigenvalue weighted by Gasteiger charge is 2.13. The predicted molar refractivity (Wildman–Crippen MR) is 101 cm³/mol. The van der Waals surface area contributed by atoms with Crippen LogP contribution in [0.15, 0.2) is 42.7 Å². The van der Waals surface area contributed by atoms with E-state index in [4.69, 9.17) is 16.7 Å². The van der Waals surface area contributed by atoms with Crippen LogP contribution >= 0.6 is 11.6 Å². The van der Waals surface area contributed by atoms with Crippen molar-refractivity contribution in [1.82, 2.24) is 19.6 Å². The van der Waals surface area contributed by atoms with Gasteiger partial charge in [0.05, 0.1) is 35.5 Å². The maximum Gasteiger partial charge on any atom is 0.335 e. The number of carboxylic acids is 1. The first-order valence-corrected chi connectivity index (χ1v) is 8.77. The number of aromatic carboxylic acids is 1. The summed E-state index contributed by atoms with van der Waals surface area (Å²) >= 11 is 6.29. The third-order valence-electron chi connectivity index (χ3n) is 4.42. The number of benzene rings is 2. The molecule has 0 unspecified atom stereocenters. The molecule has 0 saturated heterocycles. The number of fused-ring (bicyclic) bond motifs is 2. The van der Waals surface area contributed by atoms with Crippen LogP contribution in [0.2, 0.25) is 5.02 Å². The van der Waals surface area contributed by atoms with Gasteiger partial charge in [-0.1, -0.05) is 18.5 Å². The van der Waals surface area contributed by atoms with Gasteiger partial charge in [-0.05, 0) is 36.8 Å². The molecule has 0 aliphatic carbocycles. The Morgan fingerprint density at radius 3 is 2.65 bits per heavy atom. The third-order valence-corrected chi connectivity index (χ3v) is 4.64. The first-order chi connectivity index (χ1) is 12.6. The Kier molecular flexibility index (Phi) is 4.12. The summed E-state index contributed by atoms with van der Waals surface area (Å²) < 4.78 is 3.85.